The van der Waals surface area contributed by atoms with E-state index in [1.807, 2.05) is 48.0 Å². The van der Waals surface area contributed by atoms with Crippen LogP contribution in [0.3, 0.4) is 0 Å². The fraction of sp³-hybridized carbons (Fsp3) is 0.222. The minimum atomic E-state index is -0.119. The van der Waals surface area contributed by atoms with E-state index in [0.717, 1.165) is 17.1 Å². The van der Waals surface area contributed by atoms with Gasteiger partial charge in [0.25, 0.3) is 0 Å². The lowest BCUT2D eigenvalue weighted by atomic mass is 10.3. The maximum Gasteiger partial charge on any atom is 0.318 e. The number of nitrogens with one attached hydrogen (secondary N) is 1. The molecule has 1 N–H and O–H groups in total. The second kappa shape index (κ2) is 8.05. The number of imidazole rings is 1. The number of pyridine rings is 2. The summed E-state index contributed by atoms with van der Waals surface area (Å²) in [6.45, 7) is 3.47. The first-order chi connectivity index (χ1) is 12.3. The summed E-state index contributed by atoms with van der Waals surface area (Å²) < 4.78 is 1.83. The molecule has 3 heterocycles. The molecule has 0 unspecified atom stereocenters. The van der Waals surface area contributed by atoms with Gasteiger partial charge in [-0.3, -0.25) is 9.55 Å². The van der Waals surface area contributed by atoms with Crippen molar-refractivity contribution in [1.29, 1.82) is 0 Å². The lowest BCUT2D eigenvalue weighted by molar-refractivity contribution is 0.197. The highest BCUT2D eigenvalue weighted by Gasteiger charge is 2.12. The lowest BCUT2D eigenvalue weighted by Crippen LogP contribution is -2.39. The van der Waals surface area contributed by atoms with Crippen molar-refractivity contribution in [3.63, 3.8) is 0 Å². The van der Waals surface area contributed by atoms with Crippen molar-refractivity contribution in [3.05, 3.63) is 72.7 Å². The average Bonchev–Trinajstić information content (AvgIpc) is 3.20. The zero-order valence-electron chi connectivity index (χ0n) is 14.0. The van der Waals surface area contributed by atoms with Gasteiger partial charge in [-0.1, -0.05) is 12.1 Å². The highest BCUT2D eigenvalue weighted by molar-refractivity contribution is 5.74. The van der Waals surface area contributed by atoms with E-state index in [0.29, 0.717) is 19.6 Å². The Morgan fingerprint density at radius 3 is 2.76 bits per heavy atom. The summed E-state index contributed by atoms with van der Waals surface area (Å²) in [6.07, 6.45) is 8.72. The third kappa shape index (κ3) is 4.41. The SMILES string of the molecule is CCN(Cc1ccccn1)C(=O)NCc1ccc(-n2ccnc2)nc1. The van der Waals surface area contributed by atoms with E-state index in [9.17, 15) is 4.79 Å². The molecule has 3 aromatic rings. The molecule has 0 atom stereocenters. The quantitative estimate of drug-likeness (QED) is 0.750. The second-order valence-electron chi connectivity index (χ2n) is 5.49. The molecule has 3 aromatic heterocycles. The predicted molar refractivity (Wildman–Crippen MR) is 93.9 cm³/mol. The van der Waals surface area contributed by atoms with Crippen molar-refractivity contribution in [3.8, 4) is 5.82 Å². The third-order valence-electron chi connectivity index (χ3n) is 3.77. The minimum Gasteiger partial charge on any atom is -0.334 e. The van der Waals surface area contributed by atoms with Crippen LogP contribution in [0.25, 0.3) is 5.82 Å². The molecule has 0 aliphatic heterocycles. The van der Waals surface area contributed by atoms with Crippen LogP contribution in [0.2, 0.25) is 0 Å². The topological polar surface area (TPSA) is 75.9 Å². The first-order valence-electron chi connectivity index (χ1n) is 8.12. The molecule has 2 amide bonds. The Kier molecular flexibility index (Phi) is 5.36. The van der Waals surface area contributed by atoms with Crippen LogP contribution in [-0.2, 0) is 13.1 Å². The number of urea groups is 1. The molecule has 0 aliphatic carbocycles. The molecule has 3 rings (SSSR count). The van der Waals surface area contributed by atoms with Gasteiger partial charge in [0.1, 0.15) is 12.1 Å². The largest absolute Gasteiger partial charge is 0.334 e. The number of carbonyl (C=O) groups is 1. The van der Waals surface area contributed by atoms with Crippen molar-refractivity contribution in [2.45, 2.75) is 20.0 Å². The summed E-state index contributed by atoms with van der Waals surface area (Å²) >= 11 is 0. The molecule has 0 radical (unpaired) electrons. The van der Waals surface area contributed by atoms with E-state index in [1.54, 1.807) is 29.8 Å². The molecule has 0 fully saturated rings. The van der Waals surface area contributed by atoms with Crippen molar-refractivity contribution in [1.82, 2.24) is 29.7 Å². The average molecular weight is 336 g/mol. The number of aromatic nitrogens is 4. The van der Waals surface area contributed by atoms with Crippen LogP contribution >= 0.6 is 0 Å². The van der Waals surface area contributed by atoms with Crippen molar-refractivity contribution in [2.75, 3.05) is 6.54 Å². The normalized spacial score (nSPS) is 10.4. The Balaban J connectivity index is 1.55. The van der Waals surface area contributed by atoms with Gasteiger partial charge in [0.15, 0.2) is 0 Å². The van der Waals surface area contributed by atoms with Crippen LogP contribution in [-0.4, -0.2) is 37.0 Å². The standard InChI is InChI=1S/C18H20N6O/c1-2-23(13-16-5-3-4-8-20-16)18(25)22-12-15-6-7-17(21-11-15)24-10-9-19-14-24/h3-11,14H,2,12-13H2,1H3,(H,22,25). The molecule has 0 aromatic carbocycles. The Morgan fingerprint density at radius 2 is 2.12 bits per heavy atom. The van der Waals surface area contributed by atoms with E-state index in [4.69, 9.17) is 0 Å². The van der Waals surface area contributed by atoms with Gasteiger partial charge in [0.05, 0.1) is 12.2 Å². The van der Waals surface area contributed by atoms with Gasteiger partial charge in [-0.2, -0.15) is 0 Å². The zero-order chi connectivity index (χ0) is 17.5. The maximum absolute atomic E-state index is 12.4. The summed E-state index contributed by atoms with van der Waals surface area (Å²) in [5, 5.41) is 2.92. The number of nitrogens with zero attached hydrogens (tertiary/aromatic N) is 5. The molecular weight excluding hydrogens is 316 g/mol. The highest BCUT2D eigenvalue weighted by atomic mass is 16.2. The number of hydrogen-bond acceptors (Lipinski definition) is 4. The molecule has 0 spiro atoms. The van der Waals surface area contributed by atoms with E-state index in [-0.39, 0.29) is 6.03 Å². The monoisotopic (exact) mass is 336 g/mol. The summed E-state index contributed by atoms with van der Waals surface area (Å²) in [7, 11) is 0. The Hall–Kier alpha value is -3.22. The van der Waals surface area contributed by atoms with Crippen LogP contribution < -0.4 is 5.32 Å². The van der Waals surface area contributed by atoms with E-state index >= 15 is 0 Å². The van der Waals surface area contributed by atoms with Gasteiger partial charge < -0.3 is 10.2 Å². The number of carbonyl (C=O) groups excluding carboxylic acids is 1. The van der Waals surface area contributed by atoms with Crippen molar-refractivity contribution in [2.24, 2.45) is 0 Å². The maximum atomic E-state index is 12.4. The summed E-state index contributed by atoms with van der Waals surface area (Å²) in [6, 6.07) is 9.41. The lowest BCUT2D eigenvalue weighted by Gasteiger charge is -2.21. The van der Waals surface area contributed by atoms with Crippen LogP contribution in [0.4, 0.5) is 4.79 Å². The number of rotatable bonds is 6. The fourth-order valence-electron chi connectivity index (χ4n) is 2.37. The molecule has 0 saturated carbocycles. The minimum absolute atomic E-state index is 0.119. The van der Waals surface area contributed by atoms with E-state index in [1.165, 1.54) is 0 Å². The highest BCUT2D eigenvalue weighted by Crippen LogP contribution is 2.06. The van der Waals surface area contributed by atoms with E-state index in [2.05, 4.69) is 20.3 Å². The first-order valence-corrected chi connectivity index (χ1v) is 8.12. The van der Waals surface area contributed by atoms with Gasteiger partial charge in [-0.15, -0.1) is 0 Å². The predicted octanol–water partition coefficient (Wildman–Crippen LogP) is 2.39. The van der Waals surface area contributed by atoms with Gasteiger partial charge in [-0.05, 0) is 30.7 Å². The molecule has 128 valence electrons. The Labute approximate surface area is 146 Å². The van der Waals surface area contributed by atoms with Gasteiger partial charge in [-0.25, -0.2) is 14.8 Å². The Bertz CT molecular complexity index is 786. The van der Waals surface area contributed by atoms with Crippen LogP contribution in [0.15, 0.2) is 61.4 Å². The Morgan fingerprint density at radius 1 is 1.20 bits per heavy atom. The molecule has 0 aliphatic rings. The van der Waals surface area contributed by atoms with Crippen molar-refractivity contribution >= 4 is 6.03 Å². The summed E-state index contributed by atoms with van der Waals surface area (Å²) in [4.78, 5) is 26.7. The van der Waals surface area contributed by atoms with Crippen LogP contribution in [0.1, 0.15) is 18.2 Å². The smallest absolute Gasteiger partial charge is 0.318 e. The number of hydrogen-bond donors (Lipinski definition) is 1. The number of amides is 2. The van der Waals surface area contributed by atoms with Crippen LogP contribution in [0, 0.1) is 0 Å². The second-order valence-corrected chi connectivity index (χ2v) is 5.49. The van der Waals surface area contributed by atoms with E-state index < -0.39 is 0 Å². The van der Waals surface area contributed by atoms with Gasteiger partial charge >= 0.3 is 6.03 Å². The molecule has 25 heavy (non-hydrogen) atoms. The van der Waals surface area contributed by atoms with Crippen molar-refractivity contribution < 1.29 is 4.79 Å². The van der Waals surface area contributed by atoms with Crippen LogP contribution in [0.5, 0.6) is 0 Å². The first kappa shape index (κ1) is 16.6. The third-order valence-corrected chi connectivity index (χ3v) is 3.77. The van der Waals surface area contributed by atoms with Gasteiger partial charge in [0, 0.05) is 37.9 Å². The molecule has 7 heteroatoms. The summed E-state index contributed by atoms with van der Waals surface area (Å²) in [5.74, 6) is 0.790. The molecule has 0 bridgehead atoms. The zero-order valence-corrected chi connectivity index (χ0v) is 14.0. The molecule has 7 nitrogen and oxygen atoms in total. The van der Waals surface area contributed by atoms with Gasteiger partial charge in [0.2, 0.25) is 0 Å². The molecule has 0 saturated heterocycles. The fourth-order valence-corrected chi connectivity index (χ4v) is 2.37. The summed E-state index contributed by atoms with van der Waals surface area (Å²) in [5.41, 5.74) is 1.80. The molecular formula is C18H20N6O.